The van der Waals surface area contributed by atoms with Crippen molar-refractivity contribution in [1.29, 1.82) is 0 Å². The second kappa shape index (κ2) is 1.51. The van der Waals surface area contributed by atoms with Crippen molar-refractivity contribution in [2.75, 3.05) is 0 Å². The van der Waals surface area contributed by atoms with Gasteiger partial charge in [-0.05, 0) is 18.9 Å². The molecule has 1 aromatic heterocycles. The van der Waals surface area contributed by atoms with Crippen molar-refractivity contribution >= 4 is 0 Å². The van der Waals surface area contributed by atoms with E-state index in [-0.39, 0.29) is 5.88 Å². The third-order valence-corrected chi connectivity index (χ3v) is 0.959. The lowest BCUT2D eigenvalue weighted by atomic mass is 10.5. The van der Waals surface area contributed by atoms with Gasteiger partial charge in [0.25, 0.3) is 0 Å². The molecule has 0 fully saturated rings. The Morgan fingerprint density at radius 2 is 2.38 bits per heavy atom. The summed E-state index contributed by atoms with van der Waals surface area (Å²) in [5.74, 6) is -0.0394. The van der Waals surface area contributed by atoms with E-state index in [0.717, 1.165) is 5.69 Å². The summed E-state index contributed by atoms with van der Waals surface area (Å²) in [7, 11) is 1.63. The Labute approximate surface area is 47.6 Å². The molecule has 0 saturated carbocycles. The molecule has 0 aromatic carbocycles. The molecule has 0 unspecified atom stereocenters. The second-order valence-electron chi connectivity index (χ2n) is 1.75. The van der Waals surface area contributed by atoms with E-state index in [0.29, 0.717) is 0 Å². The standard InChI is InChI=1S/C5H8N2O/c1-4-3-5(8)7(2)6-4/h3,8H,1-2H3/p-1. The molecule has 0 radical (unpaired) electrons. The summed E-state index contributed by atoms with van der Waals surface area (Å²) < 4.78 is 1.31. The summed E-state index contributed by atoms with van der Waals surface area (Å²) >= 11 is 0. The lowest BCUT2D eigenvalue weighted by Gasteiger charge is -2.00. The van der Waals surface area contributed by atoms with E-state index in [2.05, 4.69) is 5.10 Å². The molecule has 0 spiro atoms. The molecule has 0 bridgehead atoms. The average molecular weight is 111 g/mol. The van der Waals surface area contributed by atoms with Gasteiger partial charge in [-0.3, -0.25) is 4.68 Å². The van der Waals surface area contributed by atoms with Gasteiger partial charge in [-0.1, -0.05) is 0 Å². The van der Waals surface area contributed by atoms with Crippen LogP contribution in [0.25, 0.3) is 0 Å². The minimum absolute atomic E-state index is 0.0394. The number of rotatable bonds is 0. The predicted octanol–water partition coefficient (Wildman–Crippen LogP) is -0.198. The molecule has 0 aliphatic carbocycles. The fourth-order valence-electron chi connectivity index (χ4n) is 0.587. The van der Waals surface area contributed by atoms with Gasteiger partial charge in [-0.15, -0.1) is 0 Å². The number of hydrogen-bond donors (Lipinski definition) is 0. The van der Waals surface area contributed by atoms with E-state index < -0.39 is 0 Å². The smallest absolute Gasteiger partial charge is 0.0587 e. The third-order valence-electron chi connectivity index (χ3n) is 0.959. The van der Waals surface area contributed by atoms with Gasteiger partial charge in [0.1, 0.15) is 0 Å². The van der Waals surface area contributed by atoms with Crippen LogP contribution in [0.1, 0.15) is 5.69 Å². The molecular formula is C5H7N2O-. The number of aromatic nitrogens is 2. The average Bonchev–Trinajstić information content (AvgIpc) is 1.85. The Balaban J connectivity index is 3.14. The summed E-state index contributed by atoms with van der Waals surface area (Å²) in [5, 5.41) is 14.4. The number of aryl methyl sites for hydroxylation is 2. The second-order valence-corrected chi connectivity index (χ2v) is 1.75. The molecule has 0 aliphatic heterocycles. The third kappa shape index (κ3) is 0.665. The largest absolute Gasteiger partial charge is 0.859 e. The van der Waals surface area contributed by atoms with Crippen LogP contribution in [-0.2, 0) is 7.05 Å². The zero-order chi connectivity index (χ0) is 6.15. The van der Waals surface area contributed by atoms with Crippen LogP contribution in [0.4, 0.5) is 0 Å². The zero-order valence-corrected chi connectivity index (χ0v) is 4.88. The zero-order valence-electron chi connectivity index (χ0n) is 4.88. The van der Waals surface area contributed by atoms with Crippen LogP contribution in [0.2, 0.25) is 0 Å². The summed E-state index contributed by atoms with van der Waals surface area (Å²) in [6, 6.07) is 1.50. The first kappa shape index (κ1) is 5.15. The maximum absolute atomic E-state index is 10.5. The van der Waals surface area contributed by atoms with Gasteiger partial charge >= 0.3 is 0 Å². The molecule has 1 aromatic rings. The van der Waals surface area contributed by atoms with Crippen LogP contribution in [0.5, 0.6) is 5.88 Å². The van der Waals surface area contributed by atoms with Crippen LogP contribution in [0.3, 0.4) is 0 Å². The molecule has 0 atom stereocenters. The SMILES string of the molecule is Cc1cc([O-])n(C)n1. The van der Waals surface area contributed by atoms with Crippen LogP contribution in [0.15, 0.2) is 6.07 Å². The van der Waals surface area contributed by atoms with E-state index in [1.54, 1.807) is 14.0 Å². The number of hydrogen-bond acceptors (Lipinski definition) is 2. The molecule has 1 rings (SSSR count). The van der Waals surface area contributed by atoms with Gasteiger partial charge in [0.05, 0.1) is 5.69 Å². The first-order valence-electron chi connectivity index (χ1n) is 2.38. The quantitative estimate of drug-likeness (QED) is 0.465. The van der Waals surface area contributed by atoms with Crippen molar-refractivity contribution in [2.45, 2.75) is 6.92 Å². The lowest BCUT2D eigenvalue weighted by Crippen LogP contribution is -1.98. The van der Waals surface area contributed by atoms with Gasteiger partial charge in [0.2, 0.25) is 0 Å². The van der Waals surface area contributed by atoms with Gasteiger partial charge < -0.3 is 5.11 Å². The number of nitrogens with zero attached hydrogens (tertiary/aromatic N) is 2. The fourth-order valence-corrected chi connectivity index (χ4v) is 0.587. The Morgan fingerprint density at radius 3 is 2.50 bits per heavy atom. The summed E-state index contributed by atoms with van der Waals surface area (Å²) in [6.07, 6.45) is 0. The topological polar surface area (TPSA) is 40.9 Å². The molecule has 0 aliphatic rings. The highest BCUT2D eigenvalue weighted by molar-refractivity contribution is 5.10. The van der Waals surface area contributed by atoms with E-state index in [9.17, 15) is 5.11 Å². The summed E-state index contributed by atoms with van der Waals surface area (Å²) in [6.45, 7) is 1.79. The van der Waals surface area contributed by atoms with Crippen molar-refractivity contribution in [3.8, 4) is 5.88 Å². The molecule has 8 heavy (non-hydrogen) atoms. The van der Waals surface area contributed by atoms with Crippen molar-refractivity contribution in [2.24, 2.45) is 7.05 Å². The Hall–Kier alpha value is -0.990. The molecule has 3 heteroatoms. The summed E-state index contributed by atoms with van der Waals surface area (Å²) in [5.41, 5.74) is 0.775. The first-order valence-corrected chi connectivity index (χ1v) is 2.38. The van der Waals surface area contributed by atoms with Gasteiger partial charge in [-0.25, -0.2) is 0 Å². The van der Waals surface area contributed by atoms with Crippen molar-refractivity contribution in [3.63, 3.8) is 0 Å². The van der Waals surface area contributed by atoms with Gasteiger partial charge in [-0.2, -0.15) is 5.10 Å². The van der Waals surface area contributed by atoms with Crippen LogP contribution >= 0.6 is 0 Å². The molecule has 0 N–H and O–H groups in total. The Morgan fingerprint density at radius 1 is 1.75 bits per heavy atom. The maximum Gasteiger partial charge on any atom is 0.0587 e. The summed E-state index contributed by atoms with van der Waals surface area (Å²) in [4.78, 5) is 0. The van der Waals surface area contributed by atoms with Crippen molar-refractivity contribution < 1.29 is 5.11 Å². The minimum atomic E-state index is -0.0394. The monoisotopic (exact) mass is 111 g/mol. The minimum Gasteiger partial charge on any atom is -0.859 e. The van der Waals surface area contributed by atoms with Crippen molar-refractivity contribution in [1.82, 2.24) is 9.78 Å². The maximum atomic E-state index is 10.5. The van der Waals surface area contributed by atoms with Crippen LogP contribution in [-0.4, -0.2) is 9.78 Å². The molecule has 0 saturated heterocycles. The van der Waals surface area contributed by atoms with Crippen LogP contribution in [0, 0.1) is 6.92 Å². The van der Waals surface area contributed by atoms with Crippen molar-refractivity contribution in [3.05, 3.63) is 11.8 Å². The van der Waals surface area contributed by atoms with Crippen LogP contribution < -0.4 is 5.11 Å². The molecule has 44 valence electrons. The molecule has 3 nitrogen and oxygen atoms in total. The van der Waals surface area contributed by atoms with E-state index in [1.807, 2.05) is 0 Å². The van der Waals surface area contributed by atoms with E-state index >= 15 is 0 Å². The Kier molecular flexibility index (Phi) is 0.970. The van der Waals surface area contributed by atoms with Gasteiger partial charge in [0, 0.05) is 7.05 Å². The highest BCUT2D eigenvalue weighted by atomic mass is 16.3. The lowest BCUT2D eigenvalue weighted by molar-refractivity contribution is -0.279. The Bertz CT molecular complexity index is 173. The van der Waals surface area contributed by atoms with E-state index in [4.69, 9.17) is 0 Å². The first-order chi connectivity index (χ1) is 3.70. The normalized spacial score (nSPS) is 9.75. The highest BCUT2D eigenvalue weighted by Gasteiger charge is 1.86. The van der Waals surface area contributed by atoms with Gasteiger partial charge in [0.15, 0.2) is 0 Å². The molecule has 0 amide bonds. The molecular weight excluding hydrogens is 104 g/mol. The fraction of sp³-hybridized carbons (Fsp3) is 0.400. The van der Waals surface area contributed by atoms with E-state index in [1.165, 1.54) is 10.7 Å². The predicted molar refractivity (Wildman–Crippen MR) is 27.4 cm³/mol. The molecule has 1 heterocycles. The highest BCUT2D eigenvalue weighted by Crippen LogP contribution is 2.02.